The number of hydrogen-bond acceptors (Lipinski definition) is 5. The van der Waals surface area contributed by atoms with Crippen LogP contribution in [0.1, 0.15) is 57.9 Å². The fourth-order valence-electron chi connectivity index (χ4n) is 3.96. The van der Waals surface area contributed by atoms with Crippen molar-refractivity contribution in [3.8, 4) is 0 Å². The number of anilines is 1. The number of nitrogens with one attached hydrogen (secondary N) is 2. The van der Waals surface area contributed by atoms with Crippen molar-refractivity contribution in [2.45, 2.75) is 70.4 Å². The molecule has 2 fully saturated rings. The van der Waals surface area contributed by atoms with Crippen LogP contribution >= 0.6 is 0 Å². The maximum atomic E-state index is 12.6. The molecule has 0 bridgehead atoms. The van der Waals surface area contributed by atoms with E-state index in [1.165, 1.54) is 11.8 Å². The van der Waals surface area contributed by atoms with Gasteiger partial charge in [0, 0.05) is 18.7 Å². The third-order valence-electron chi connectivity index (χ3n) is 5.77. The second-order valence-corrected chi connectivity index (χ2v) is 7.95. The Morgan fingerprint density at radius 3 is 2.50 bits per heavy atom. The van der Waals surface area contributed by atoms with Gasteiger partial charge in [-0.15, -0.1) is 0 Å². The van der Waals surface area contributed by atoms with Crippen molar-refractivity contribution in [2.24, 2.45) is 0 Å². The van der Waals surface area contributed by atoms with Gasteiger partial charge in [-0.1, -0.05) is 31.9 Å². The van der Waals surface area contributed by atoms with Crippen LogP contribution in [0.15, 0.2) is 24.3 Å². The molecular formula is C22H29N3O5. The number of urea groups is 1. The fourth-order valence-corrected chi connectivity index (χ4v) is 3.96. The van der Waals surface area contributed by atoms with Crippen LogP contribution in [-0.4, -0.2) is 46.9 Å². The first-order valence-corrected chi connectivity index (χ1v) is 10.6. The molecule has 1 heterocycles. The van der Waals surface area contributed by atoms with Gasteiger partial charge in [0.05, 0.1) is 0 Å². The van der Waals surface area contributed by atoms with Crippen molar-refractivity contribution in [1.82, 2.24) is 10.2 Å². The summed E-state index contributed by atoms with van der Waals surface area (Å²) in [6.45, 7) is 3.72. The first-order chi connectivity index (χ1) is 14.3. The number of rotatable bonds is 8. The molecule has 3 rings (SSSR count). The highest BCUT2D eigenvalue weighted by Crippen LogP contribution is 2.35. The van der Waals surface area contributed by atoms with E-state index in [2.05, 4.69) is 10.6 Å². The third kappa shape index (κ3) is 4.80. The van der Waals surface area contributed by atoms with E-state index >= 15 is 0 Å². The Balaban J connectivity index is 1.41. The molecule has 1 atom stereocenters. The number of carbonyl (C=O) groups excluding carboxylic acids is 4. The summed E-state index contributed by atoms with van der Waals surface area (Å²) in [5.41, 5.74) is 1.07. The van der Waals surface area contributed by atoms with Crippen LogP contribution < -0.4 is 10.6 Å². The lowest BCUT2D eigenvalue weighted by Gasteiger charge is -2.20. The van der Waals surface area contributed by atoms with E-state index < -0.39 is 29.6 Å². The van der Waals surface area contributed by atoms with Gasteiger partial charge in [-0.2, -0.15) is 0 Å². The molecule has 30 heavy (non-hydrogen) atoms. The van der Waals surface area contributed by atoms with Crippen LogP contribution in [0.25, 0.3) is 0 Å². The summed E-state index contributed by atoms with van der Waals surface area (Å²) in [4.78, 5) is 50.2. The predicted octanol–water partition coefficient (Wildman–Crippen LogP) is 2.76. The Morgan fingerprint density at radius 1 is 1.20 bits per heavy atom. The molecule has 0 aromatic heterocycles. The van der Waals surface area contributed by atoms with Gasteiger partial charge in [0.15, 0.2) is 6.10 Å². The van der Waals surface area contributed by atoms with E-state index in [-0.39, 0.29) is 18.9 Å². The number of esters is 1. The lowest BCUT2D eigenvalue weighted by atomic mass is 9.98. The van der Waals surface area contributed by atoms with Gasteiger partial charge in [-0.05, 0) is 50.3 Å². The Bertz CT molecular complexity index is 815. The molecule has 2 N–H and O–H groups in total. The molecule has 0 radical (unpaired) electrons. The first kappa shape index (κ1) is 21.8. The van der Waals surface area contributed by atoms with Gasteiger partial charge in [-0.3, -0.25) is 19.3 Å². The normalized spacial score (nSPS) is 18.4. The molecular weight excluding hydrogens is 386 g/mol. The molecule has 1 saturated carbocycles. The van der Waals surface area contributed by atoms with E-state index in [1.54, 1.807) is 12.1 Å². The van der Waals surface area contributed by atoms with Crippen molar-refractivity contribution >= 4 is 29.5 Å². The molecule has 2 aliphatic rings. The number of aryl methyl sites for hydroxylation is 1. The monoisotopic (exact) mass is 415 g/mol. The summed E-state index contributed by atoms with van der Waals surface area (Å²) in [5, 5.41) is 5.53. The van der Waals surface area contributed by atoms with Crippen LogP contribution in [0.4, 0.5) is 10.5 Å². The molecule has 162 valence electrons. The topological polar surface area (TPSA) is 105 Å². The van der Waals surface area contributed by atoms with Crippen LogP contribution in [-0.2, 0) is 25.5 Å². The number of ether oxygens (including phenoxy) is 1. The Hall–Kier alpha value is -2.90. The minimum absolute atomic E-state index is 0.0207. The van der Waals surface area contributed by atoms with Crippen LogP contribution in [0, 0.1) is 0 Å². The van der Waals surface area contributed by atoms with Gasteiger partial charge in [0.1, 0.15) is 5.54 Å². The molecule has 8 nitrogen and oxygen atoms in total. The van der Waals surface area contributed by atoms with Crippen molar-refractivity contribution in [3.05, 3.63) is 29.8 Å². The molecule has 4 amide bonds. The van der Waals surface area contributed by atoms with E-state index in [0.717, 1.165) is 24.8 Å². The number of hydrogen-bond donors (Lipinski definition) is 2. The number of carbonyl (C=O) groups is 4. The summed E-state index contributed by atoms with van der Waals surface area (Å²) in [7, 11) is 0. The number of nitrogens with zero attached hydrogens (tertiary/aromatic N) is 1. The van der Waals surface area contributed by atoms with E-state index in [4.69, 9.17) is 4.74 Å². The molecule has 0 unspecified atom stereocenters. The van der Waals surface area contributed by atoms with Crippen LogP contribution in [0.3, 0.4) is 0 Å². The SMILES string of the molecule is CCc1ccc(NC(=O)[C@H](C)OC(=O)CCCN2C(=O)NC3(CCCC3)C2=O)cc1. The van der Waals surface area contributed by atoms with Crippen molar-refractivity contribution in [3.63, 3.8) is 0 Å². The standard InChI is InChI=1S/C22H29N3O5/c1-3-16-8-10-17(11-9-16)23-19(27)15(2)30-18(26)7-6-14-25-20(28)22(24-21(25)29)12-4-5-13-22/h8-11,15H,3-7,12-14H2,1-2H3,(H,23,27)(H,24,29)/t15-/m0/s1. The average Bonchev–Trinajstić information content (AvgIpc) is 3.28. The molecule has 8 heteroatoms. The molecule has 1 aromatic carbocycles. The van der Waals surface area contributed by atoms with E-state index in [1.807, 2.05) is 19.1 Å². The Kier molecular flexibility index (Phi) is 6.74. The lowest BCUT2D eigenvalue weighted by molar-refractivity contribution is -0.153. The summed E-state index contributed by atoms with van der Waals surface area (Å²) in [6.07, 6.45) is 3.47. The molecule has 1 spiro atoms. The minimum Gasteiger partial charge on any atom is -0.453 e. The van der Waals surface area contributed by atoms with Gasteiger partial charge in [0.2, 0.25) is 0 Å². The smallest absolute Gasteiger partial charge is 0.325 e. The summed E-state index contributed by atoms with van der Waals surface area (Å²) in [6, 6.07) is 7.08. The first-order valence-electron chi connectivity index (χ1n) is 10.6. The Labute approximate surface area is 176 Å². The van der Waals surface area contributed by atoms with Gasteiger partial charge < -0.3 is 15.4 Å². The molecule has 1 aliphatic heterocycles. The van der Waals surface area contributed by atoms with Crippen molar-refractivity contribution < 1.29 is 23.9 Å². The second kappa shape index (κ2) is 9.28. The van der Waals surface area contributed by atoms with Crippen molar-refractivity contribution in [2.75, 3.05) is 11.9 Å². The summed E-state index contributed by atoms with van der Waals surface area (Å²) in [5.74, 6) is -1.15. The maximum absolute atomic E-state index is 12.6. The van der Waals surface area contributed by atoms with Gasteiger partial charge >= 0.3 is 12.0 Å². The van der Waals surface area contributed by atoms with Crippen LogP contribution in [0.2, 0.25) is 0 Å². The second-order valence-electron chi connectivity index (χ2n) is 7.95. The van der Waals surface area contributed by atoms with Gasteiger partial charge in [-0.25, -0.2) is 4.79 Å². The maximum Gasteiger partial charge on any atom is 0.325 e. The Morgan fingerprint density at radius 2 is 1.87 bits per heavy atom. The minimum atomic E-state index is -0.943. The highest BCUT2D eigenvalue weighted by molar-refractivity contribution is 6.07. The van der Waals surface area contributed by atoms with E-state index in [0.29, 0.717) is 24.9 Å². The molecule has 1 aromatic rings. The molecule has 1 saturated heterocycles. The third-order valence-corrected chi connectivity index (χ3v) is 5.77. The zero-order valence-corrected chi connectivity index (χ0v) is 17.5. The quantitative estimate of drug-likeness (QED) is 0.502. The number of benzene rings is 1. The lowest BCUT2D eigenvalue weighted by Crippen LogP contribution is -2.44. The zero-order valence-electron chi connectivity index (χ0n) is 17.5. The number of amides is 4. The van der Waals surface area contributed by atoms with Gasteiger partial charge in [0.25, 0.3) is 11.8 Å². The predicted molar refractivity (Wildman–Crippen MR) is 111 cm³/mol. The highest BCUT2D eigenvalue weighted by atomic mass is 16.5. The summed E-state index contributed by atoms with van der Waals surface area (Å²) < 4.78 is 5.19. The highest BCUT2D eigenvalue weighted by Gasteiger charge is 2.52. The van der Waals surface area contributed by atoms with Crippen molar-refractivity contribution in [1.29, 1.82) is 0 Å². The van der Waals surface area contributed by atoms with E-state index in [9.17, 15) is 19.2 Å². The number of imide groups is 1. The van der Waals surface area contributed by atoms with Crippen LogP contribution in [0.5, 0.6) is 0 Å². The largest absolute Gasteiger partial charge is 0.453 e. The zero-order chi connectivity index (χ0) is 21.7. The molecule has 1 aliphatic carbocycles. The summed E-state index contributed by atoms with van der Waals surface area (Å²) >= 11 is 0. The fraction of sp³-hybridized carbons (Fsp3) is 0.545. The average molecular weight is 415 g/mol.